The first-order valence-corrected chi connectivity index (χ1v) is 8.49. The molecule has 0 radical (unpaired) electrons. The van der Waals surface area contributed by atoms with E-state index in [1.54, 1.807) is 24.3 Å². The monoisotopic (exact) mass is 339 g/mol. The van der Waals surface area contributed by atoms with Gasteiger partial charge in [-0.15, -0.1) is 0 Å². The number of hydrazone groups is 1. The average Bonchev–Trinajstić information content (AvgIpc) is 2.65. The quantitative estimate of drug-likeness (QED) is 0.600. The molecule has 25 heavy (non-hydrogen) atoms. The van der Waals surface area contributed by atoms with Gasteiger partial charge in [0.1, 0.15) is 5.75 Å². The third-order valence-corrected chi connectivity index (χ3v) is 4.15. The number of carbonyl (C=O) groups excluding carboxylic acids is 1. The van der Waals surface area contributed by atoms with Gasteiger partial charge in [-0.1, -0.05) is 32.0 Å². The molecule has 5 nitrogen and oxygen atoms in total. The maximum atomic E-state index is 12.1. The van der Waals surface area contributed by atoms with E-state index in [1.165, 1.54) is 0 Å². The minimum Gasteiger partial charge on any atom is -0.508 e. The fourth-order valence-corrected chi connectivity index (χ4v) is 2.48. The molecule has 0 spiro atoms. The molecule has 2 rings (SSSR count). The number of aromatic hydroxyl groups is 1. The number of nitrogens with zero attached hydrogens (tertiary/aromatic N) is 2. The van der Waals surface area contributed by atoms with Crippen LogP contribution in [0.15, 0.2) is 53.6 Å². The second-order valence-corrected chi connectivity index (χ2v) is 5.81. The van der Waals surface area contributed by atoms with Crippen molar-refractivity contribution in [3.8, 4) is 5.75 Å². The number of rotatable bonds is 7. The highest BCUT2D eigenvalue weighted by molar-refractivity contribution is 6.01. The van der Waals surface area contributed by atoms with Crippen molar-refractivity contribution in [2.75, 3.05) is 13.1 Å². The third-order valence-electron chi connectivity index (χ3n) is 4.15. The van der Waals surface area contributed by atoms with Crippen molar-refractivity contribution in [3.63, 3.8) is 0 Å². The molecule has 0 heterocycles. The number of phenolic OH excluding ortho intramolecular Hbond substituents is 1. The highest BCUT2D eigenvalue weighted by Crippen LogP contribution is 2.21. The summed E-state index contributed by atoms with van der Waals surface area (Å²) in [5, 5.41) is 14.3. The SMILES string of the molecule is CCN(CC)Cc1cc(/C(C)=N/NC(=O)c2ccccc2)ccc1O. The first kappa shape index (κ1) is 18.7. The molecule has 0 saturated heterocycles. The molecule has 0 aliphatic carbocycles. The Morgan fingerprint density at radius 2 is 1.76 bits per heavy atom. The van der Waals surface area contributed by atoms with E-state index in [0.717, 1.165) is 24.2 Å². The van der Waals surface area contributed by atoms with Gasteiger partial charge in [0, 0.05) is 17.7 Å². The first-order valence-electron chi connectivity index (χ1n) is 8.49. The Kier molecular flexibility index (Phi) is 6.71. The van der Waals surface area contributed by atoms with Gasteiger partial charge in [-0.05, 0) is 55.9 Å². The number of phenols is 1. The summed E-state index contributed by atoms with van der Waals surface area (Å²) >= 11 is 0. The molecule has 0 aliphatic rings. The van der Waals surface area contributed by atoms with Crippen molar-refractivity contribution in [2.24, 2.45) is 5.10 Å². The molecule has 0 aromatic heterocycles. The van der Waals surface area contributed by atoms with Gasteiger partial charge in [0.25, 0.3) is 5.91 Å². The van der Waals surface area contributed by atoms with Crippen LogP contribution < -0.4 is 5.43 Å². The lowest BCUT2D eigenvalue weighted by atomic mass is 10.1. The molecule has 2 N–H and O–H groups in total. The zero-order chi connectivity index (χ0) is 18.2. The van der Waals surface area contributed by atoms with Gasteiger partial charge in [0.2, 0.25) is 0 Å². The Morgan fingerprint density at radius 1 is 1.08 bits per heavy atom. The van der Waals surface area contributed by atoms with Crippen LogP contribution in [0.1, 0.15) is 42.3 Å². The van der Waals surface area contributed by atoms with Crippen LogP contribution in [-0.2, 0) is 6.54 Å². The van der Waals surface area contributed by atoms with Crippen LogP contribution in [-0.4, -0.2) is 34.7 Å². The lowest BCUT2D eigenvalue weighted by Gasteiger charge is -2.19. The zero-order valence-electron chi connectivity index (χ0n) is 15.0. The van der Waals surface area contributed by atoms with Crippen molar-refractivity contribution in [2.45, 2.75) is 27.3 Å². The number of carbonyl (C=O) groups is 1. The van der Waals surface area contributed by atoms with Gasteiger partial charge >= 0.3 is 0 Å². The summed E-state index contributed by atoms with van der Waals surface area (Å²) in [5.41, 5.74) is 5.54. The average molecular weight is 339 g/mol. The summed E-state index contributed by atoms with van der Waals surface area (Å²) in [6.45, 7) is 8.53. The summed E-state index contributed by atoms with van der Waals surface area (Å²) in [4.78, 5) is 14.3. The van der Waals surface area contributed by atoms with Crippen molar-refractivity contribution in [1.29, 1.82) is 0 Å². The van der Waals surface area contributed by atoms with E-state index in [2.05, 4.69) is 29.3 Å². The van der Waals surface area contributed by atoms with Crippen LogP contribution in [0, 0.1) is 0 Å². The fraction of sp³-hybridized carbons (Fsp3) is 0.300. The Morgan fingerprint density at radius 3 is 2.40 bits per heavy atom. The molecule has 2 aromatic rings. The number of benzene rings is 2. The highest BCUT2D eigenvalue weighted by atomic mass is 16.3. The van der Waals surface area contributed by atoms with E-state index >= 15 is 0 Å². The molecule has 5 heteroatoms. The minimum absolute atomic E-state index is 0.248. The molecule has 0 saturated carbocycles. The topological polar surface area (TPSA) is 64.9 Å². The van der Waals surface area contributed by atoms with E-state index in [4.69, 9.17) is 0 Å². The molecule has 0 fully saturated rings. The van der Waals surface area contributed by atoms with Crippen molar-refractivity contribution in [1.82, 2.24) is 10.3 Å². The predicted octanol–water partition coefficient (Wildman–Crippen LogP) is 3.39. The van der Waals surface area contributed by atoms with Gasteiger partial charge in [0.05, 0.1) is 5.71 Å². The standard InChI is InChI=1S/C20H25N3O2/c1-4-23(5-2)14-18-13-17(11-12-19(18)24)15(3)21-22-20(25)16-9-7-6-8-10-16/h6-13,24H,4-5,14H2,1-3H3,(H,22,25)/b21-15+. The first-order chi connectivity index (χ1) is 12.0. The maximum absolute atomic E-state index is 12.1. The second-order valence-electron chi connectivity index (χ2n) is 5.81. The molecule has 0 aliphatic heterocycles. The molecule has 0 unspecified atom stereocenters. The Hall–Kier alpha value is -2.66. The molecule has 2 aromatic carbocycles. The zero-order valence-corrected chi connectivity index (χ0v) is 15.0. The lowest BCUT2D eigenvalue weighted by molar-refractivity contribution is 0.0955. The van der Waals surface area contributed by atoms with Gasteiger partial charge in [0.15, 0.2) is 0 Å². The highest BCUT2D eigenvalue weighted by Gasteiger charge is 2.09. The van der Waals surface area contributed by atoms with Crippen LogP contribution in [0.2, 0.25) is 0 Å². The van der Waals surface area contributed by atoms with Crippen molar-refractivity contribution < 1.29 is 9.90 Å². The normalized spacial score (nSPS) is 11.6. The van der Waals surface area contributed by atoms with Gasteiger partial charge in [-0.25, -0.2) is 5.43 Å². The Balaban J connectivity index is 2.13. The molecular formula is C20H25N3O2. The van der Waals surface area contributed by atoms with Crippen LogP contribution in [0.5, 0.6) is 5.75 Å². The van der Waals surface area contributed by atoms with Crippen molar-refractivity contribution in [3.05, 3.63) is 65.2 Å². The number of amides is 1. The Labute approximate surface area is 149 Å². The van der Waals surface area contributed by atoms with E-state index in [1.807, 2.05) is 31.2 Å². The number of hydrogen-bond acceptors (Lipinski definition) is 4. The smallest absolute Gasteiger partial charge is 0.271 e. The fourth-order valence-electron chi connectivity index (χ4n) is 2.48. The van der Waals surface area contributed by atoms with E-state index < -0.39 is 0 Å². The Bertz CT molecular complexity index is 738. The van der Waals surface area contributed by atoms with Crippen molar-refractivity contribution >= 4 is 11.6 Å². The van der Waals surface area contributed by atoms with Gasteiger partial charge < -0.3 is 5.11 Å². The summed E-state index contributed by atoms with van der Waals surface area (Å²) < 4.78 is 0. The second kappa shape index (κ2) is 8.99. The maximum Gasteiger partial charge on any atom is 0.271 e. The third kappa shape index (κ3) is 5.16. The summed E-state index contributed by atoms with van der Waals surface area (Å²) in [6.07, 6.45) is 0. The van der Waals surface area contributed by atoms with E-state index in [0.29, 0.717) is 17.8 Å². The minimum atomic E-state index is -0.248. The van der Waals surface area contributed by atoms with E-state index in [9.17, 15) is 9.90 Å². The number of hydrogen-bond donors (Lipinski definition) is 2. The van der Waals surface area contributed by atoms with Gasteiger partial charge in [-0.2, -0.15) is 5.10 Å². The molecule has 1 amide bonds. The number of nitrogens with one attached hydrogen (secondary N) is 1. The largest absolute Gasteiger partial charge is 0.508 e. The molecule has 0 atom stereocenters. The molecule has 132 valence electrons. The van der Waals surface area contributed by atoms with E-state index in [-0.39, 0.29) is 11.7 Å². The summed E-state index contributed by atoms with van der Waals surface area (Å²) in [5.74, 6) is 0.0267. The predicted molar refractivity (Wildman–Crippen MR) is 101 cm³/mol. The molecular weight excluding hydrogens is 314 g/mol. The van der Waals surface area contributed by atoms with Crippen LogP contribution in [0.3, 0.4) is 0 Å². The van der Waals surface area contributed by atoms with Crippen LogP contribution in [0.4, 0.5) is 0 Å². The van der Waals surface area contributed by atoms with Gasteiger partial charge in [-0.3, -0.25) is 9.69 Å². The molecule has 0 bridgehead atoms. The summed E-state index contributed by atoms with van der Waals surface area (Å²) in [6, 6.07) is 14.4. The lowest BCUT2D eigenvalue weighted by Crippen LogP contribution is -2.22. The summed E-state index contributed by atoms with van der Waals surface area (Å²) in [7, 11) is 0. The van der Waals surface area contributed by atoms with Crippen LogP contribution >= 0.6 is 0 Å². The van der Waals surface area contributed by atoms with Crippen LogP contribution in [0.25, 0.3) is 0 Å².